The number of ether oxygens (including phenoxy) is 1. The van der Waals surface area contributed by atoms with Gasteiger partial charge in [-0.25, -0.2) is 9.59 Å². The smallest absolute Gasteiger partial charge is 0.338 e. The van der Waals surface area contributed by atoms with Crippen molar-refractivity contribution >= 4 is 12.0 Å². The van der Waals surface area contributed by atoms with Crippen LogP contribution in [0.2, 0.25) is 0 Å². The highest BCUT2D eigenvalue weighted by Crippen LogP contribution is 2.28. The molecule has 28 heavy (non-hydrogen) atoms. The van der Waals surface area contributed by atoms with Gasteiger partial charge in [-0.3, -0.25) is 9.80 Å². The van der Waals surface area contributed by atoms with Crippen LogP contribution in [-0.4, -0.2) is 68.2 Å². The Kier molecular flexibility index (Phi) is 6.49. The first-order valence-electron chi connectivity index (χ1n) is 9.53. The molecule has 2 N–H and O–H groups in total. The van der Waals surface area contributed by atoms with Crippen molar-refractivity contribution in [2.24, 2.45) is 0 Å². The summed E-state index contributed by atoms with van der Waals surface area (Å²) in [7, 11) is 1.36. The number of nitrogens with zero attached hydrogens (tertiary/aromatic N) is 2. The first kappa shape index (κ1) is 20.1. The Morgan fingerprint density at radius 3 is 2.46 bits per heavy atom. The van der Waals surface area contributed by atoms with Crippen molar-refractivity contribution in [2.75, 3.05) is 46.4 Å². The van der Waals surface area contributed by atoms with E-state index in [0.717, 1.165) is 43.9 Å². The molecule has 0 unspecified atom stereocenters. The predicted molar refractivity (Wildman–Crippen MR) is 108 cm³/mol. The number of esters is 1. The van der Waals surface area contributed by atoms with Gasteiger partial charge in [-0.2, -0.15) is 0 Å². The Morgan fingerprint density at radius 1 is 1.21 bits per heavy atom. The second-order valence-electron chi connectivity index (χ2n) is 7.19. The van der Waals surface area contributed by atoms with E-state index < -0.39 is 12.0 Å². The van der Waals surface area contributed by atoms with Gasteiger partial charge in [-0.1, -0.05) is 35.9 Å². The minimum absolute atomic E-state index is 0.307. The van der Waals surface area contributed by atoms with Crippen LogP contribution in [0.15, 0.2) is 48.2 Å². The average Bonchev–Trinajstić information content (AvgIpc) is 2.69. The summed E-state index contributed by atoms with van der Waals surface area (Å²) in [5, 5.41) is 5.70. The molecule has 0 bridgehead atoms. The molecule has 2 heterocycles. The van der Waals surface area contributed by atoms with Gasteiger partial charge >= 0.3 is 12.0 Å². The minimum atomic E-state index is -0.529. The highest BCUT2D eigenvalue weighted by atomic mass is 16.5. The lowest BCUT2D eigenvalue weighted by atomic mass is 9.94. The molecule has 0 aliphatic carbocycles. The molecular formula is C21H28N4O3. The van der Waals surface area contributed by atoms with Crippen LogP contribution in [0.25, 0.3) is 0 Å². The molecule has 7 nitrogen and oxygen atoms in total. The fraction of sp³-hybridized carbons (Fsp3) is 0.429. The van der Waals surface area contributed by atoms with Crippen molar-refractivity contribution in [1.29, 1.82) is 0 Å². The number of methoxy groups -OCH3 is 1. The Balaban J connectivity index is 1.86. The van der Waals surface area contributed by atoms with Gasteiger partial charge in [0.05, 0.1) is 18.7 Å². The molecule has 1 atom stereocenters. The molecule has 2 aliphatic rings. The SMILES string of the molecule is C=CCN1CCN(CC2=C(C(=O)OC)[C@H](c3ccc(C)cc3)NC(=O)N2)CC1. The number of hydrogen-bond donors (Lipinski definition) is 2. The van der Waals surface area contributed by atoms with Gasteiger partial charge in [0, 0.05) is 45.0 Å². The standard InChI is InChI=1S/C21H28N4O3/c1-4-9-24-10-12-25(13-11-24)14-17-18(20(26)28-3)19(23-21(27)22-17)16-7-5-15(2)6-8-16/h4-8,19H,1,9-14H2,2-3H3,(H2,22,23,27)/t19-/m0/s1. The highest BCUT2D eigenvalue weighted by molar-refractivity contribution is 5.95. The minimum Gasteiger partial charge on any atom is -0.466 e. The van der Waals surface area contributed by atoms with Gasteiger partial charge < -0.3 is 15.4 Å². The summed E-state index contributed by atoms with van der Waals surface area (Å²) in [6, 6.07) is 6.96. The summed E-state index contributed by atoms with van der Waals surface area (Å²) in [6.45, 7) is 10.8. The van der Waals surface area contributed by atoms with Gasteiger partial charge in [-0.05, 0) is 12.5 Å². The summed E-state index contributed by atoms with van der Waals surface area (Å²) in [5.41, 5.74) is 3.04. The lowest BCUT2D eigenvalue weighted by Gasteiger charge is -2.36. The Hall–Kier alpha value is -2.64. The Bertz CT molecular complexity index is 764. The molecule has 0 aromatic heterocycles. The van der Waals surface area contributed by atoms with Gasteiger partial charge in [0.15, 0.2) is 0 Å². The van der Waals surface area contributed by atoms with E-state index in [4.69, 9.17) is 4.74 Å². The first-order chi connectivity index (χ1) is 13.5. The van der Waals surface area contributed by atoms with Crippen LogP contribution in [0.5, 0.6) is 0 Å². The number of aryl methyl sites for hydroxylation is 1. The largest absolute Gasteiger partial charge is 0.466 e. The second kappa shape index (κ2) is 9.03. The molecule has 1 aromatic rings. The molecule has 0 radical (unpaired) electrons. The van der Waals surface area contributed by atoms with Gasteiger partial charge in [-0.15, -0.1) is 6.58 Å². The van der Waals surface area contributed by atoms with E-state index in [-0.39, 0.29) is 6.03 Å². The molecule has 1 fully saturated rings. The fourth-order valence-corrected chi connectivity index (χ4v) is 3.64. The van der Waals surface area contributed by atoms with Crippen molar-refractivity contribution < 1.29 is 14.3 Å². The van der Waals surface area contributed by atoms with Crippen LogP contribution >= 0.6 is 0 Å². The summed E-state index contributed by atoms with van der Waals surface area (Å²) < 4.78 is 5.04. The van der Waals surface area contributed by atoms with Crippen molar-refractivity contribution in [2.45, 2.75) is 13.0 Å². The maximum Gasteiger partial charge on any atom is 0.338 e. The van der Waals surface area contributed by atoms with Gasteiger partial charge in [0.25, 0.3) is 0 Å². The van der Waals surface area contributed by atoms with Crippen LogP contribution in [0.4, 0.5) is 4.79 Å². The Morgan fingerprint density at radius 2 is 1.86 bits per heavy atom. The third-order valence-corrected chi connectivity index (χ3v) is 5.20. The molecule has 2 amide bonds. The van der Waals surface area contributed by atoms with Crippen molar-refractivity contribution in [3.63, 3.8) is 0 Å². The van der Waals surface area contributed by atoms with E-state index in [9.17, 15) is 9.59 Å². The van der Waals surface area contributed by atoms with E-state index in [0.29, 0.717) is 17.8 Å². The van der Waals surface area contributed by atoms with E-state index >= 15 is 0 Å². The monoisotopic (exact) mass is 384 g/mol. The maximum atomic E-state index is 12.6. The predicted octanol–water partition coefficient (Wildman–Crippen LogP) is 1.58. The van der Waals surface area contributed by atoms with E-state index in [2.05, 4.69) is 27.0 Å². The lowest BCUT2D eigenvalue weighted by molar-refractivity contribution is -0.136. The molecule has 1 saturated heterocycles. The molecule has 1 aromatic carbocycles. The summed E-state index contributed by atoms with van der Waals surface area (Å²) in [5.74, 6) is -0.432. The van der Waals surface area contributed by atoms with Crippen molar-refractivity contribution in [1.82, 2.24) is 20.4 Å². The molecule has 0 saturated carbocycles. The molecule has 150 valence electrons. The second-order valence-corrected chi connectivity index (χ2v) is 7.19. The van der Waals surface area contributed by atoms with Crippen LogP contribution in [0, 0.1) is 6.92 Å². The fourth-order valence-electron chi connectivity index (χ4n) is 3.64. The molecule has 2 aliphatic heterocycles. The third kappa shape index (κ3) is 4.61. The van der Waals surface area contributed by atoms with Crippen LogP contribution in [-0.2, 0) is 9.53 Å². The first-order valence-corrected chi connectivity index (χ1v) is 9.53. The average molecular weight is 384 g/mol. The van der Waals surface area contributed by atoms with Crippen LogP contribution < -0.4 is 10.6 Å². The number of benzene rings is 1. The number of urea groups is 1. The normalized spacial score (nSPS) is 21.1. The maximum absolute atomic E-state index is 12.6. The number of rotatable bonds is 6. The topological polar surface area (TPSA) is 73.9 Å². The zero-order chi connectivity index (χ0) is 20.1. The molecule has 7 heteroatoms. The van der Waals surface area contributed by atoms with E-state index in [1.165, 1.54) is 7.11 Å². The van der Waals surface area contributed by atoms with Crippen molar-refractivity contribution in [3.8, 4) is 0 Å². The quantitative estimate of drug-likeness (QED) is 0.575. The third-order valence-electron chi connectivity index (χ3n) is 5.20. The van der Waals surface area contributed by atoms with E-state index in [1.807, 2.05) is 37.3 Å². The van der Waals surface area contributed by atoms with Gasteiger partial charge in [0.2, 0.25) is 0 Å². The number of carbonyl (C=O) groups excluding carboxylic acids is 2. The molecular weight excluding hydrogens is 356 g/mol. The number of hydrogen-bond acceptors (Lipinski definition) is 5. The zero-order valence-corrected chi connectivity index (χ0v) is 16.5. The van der Waals surface area contributed by atoms with E-state index in [1.54, 1.807) is 0 Å². The summed E-state index contributed by atoms with van der Waals surface area (Å²) >= 11 is 0. The van der Waals surface area contributed by atoms with Crippen LogP contribution in [0.1, 0.15) is 17.2 Å². The van der Waals surface area contributed by atoms with Gasteiger partial charge in [0.1, 0.15) is 0 Å². The van der Waals surface area contributed by atoms with Crippen LogP contribution in [0.3, 0.4) is 0 Å². The number of amides is 2. The number of carbonyl (C=O) groups is 2. The number of piperazine rings is 1. The number of nitrogens with one attached hydrogen (secondary N) is 2. The lowest BCUT2D eigenvalue weighted by Crippen LogP contribution is -2.51. The highest BCUT2D eigenvalue weighted by Gasteiger charge is 2.34. The summed E-state index contributed by atoms with van der Waals surface area (Å²) in [6.07, 6.45) is 1.91. The zero-order valence-electron chi connectivity index (χ0n) is 16.5. The molecule has 0 spiro atoms. The van der Waals surface area contributed by atoms with Crippen molar-refractivity contribution in [3.05, 3.63) is 59.3 Å². The summed E-state index contributed by atoms with van der Waals surface area (Å²) in [4.78, 5) is 29.5. The molecule has 3 rings (SSSR count). The Labute approximate surface area is 166 Å².